The lowest BCUT2D eigenvalue weighted by Gasteiger charge is -2.32. The summed E-state index contributed by atoms with van der Waals surface area (Å²) in [5, 5.41) is 0. The Kier molecular flexibility index (Phi) is 6.85. The molecule has 1 aromatic carbocycles. The van der Waals surface area contributed by atoms with Crippen molar-refractivity contribution < 1.29 is 31.1 Å². The fourth-order valence-corrected chi connectivity index (χ4v) is 4.95. The molecule has 0 atom stereocenters. The molecule has 1 fully saturated rings. The molecule has 0 aliphatic carbocycles. The number of carbonyl (C=O) groups excluding carboxylic acids is 1. The highest BCUT2D eigenvalue weighted by atomic mass is 32.2. The number of hydrogen-bond acceptors (Lipinski definition) is 5. The van der Waals surface area contributed by atoms with Gasteiger partial charge in [0.05, 0.1) is 17.1 Å². The van der Waals surface area contributed by atoms with E-state index in [1.807, 2.05) is 12.1 Å². The van der Waals surface area contributed by atoms with Gasteiger partial charge in [-0.15, -0.1) is 13.2 Å². The fraction of sp³-hybridized carbons (Fsp3) is 0.400. The molecule has 31 heavy (non-hydrogen) atoms. The number of sulfonamides is 1. The summed E-state index contributed by atoms with van der Waals surface area (Å²) in [7, 11) is -2.33. The lowest BCUT2D eigenvalue weighted by Crippen LogP contribution is -2.43. The second kappa shape index (κ2) is 9.23. The number of benzene rings is 1. The molecule has 0 spiro atoms. The third-order valence-corrected chi connectivity index (χ3v) is 6.88. The van der Waals surface area contributed by atoms with Gasteiger partial charge < -0.3 is 9.64 Å². The molecule has 0 N–H and O–H groups in total. The molecule has 0 saturated carbocycles. The van der Waals surface area contributed by atoms with Gasteiger partial charge in [-0.1, -0.05) is 12.1 Å². The highest BCUT2D eigenvalue weighted by Gasteiger charge is 2.35. The van der Waals surface area contributed by atoms with Crippen molar-refractivity contribution in [2.24, 2.45) is 5.92 Å². The van der Waals surface area contributed by atoms with Crippen molar-refractivity contribution in [1.82, 2.24) is 14.2 Å². The molecule has 168 valence electrons. The van der Waals surface area contributed by atoms with E-state index < -0.39 is 22.1 Å². The number of piperidine rings is 1. The van der Waals surface area contributed by atoms with Crippen molar-refractivity contribution in [2.75, 3.05) is 20.1 Å². The monoisotopic (exact) mass is 457 g/mol. The molecule has 1 aromatic heterocycles. The second-order valence-electron chi connectivity index (χ2n) is 7.22. The van der Waals surface area contributed by atoms with E-state index in [0.717, 1.165) is 17.8 Å². The highest BCUT2D eigenvalue weighted by Crippen LogP contribution is 2.29. The van der Waals surface area contributed by atoms with Crippen LogP contribution < -0.4 is 4.74 Å². The second-order valence-corrected chi connectivity index (χ2v) is 9.15. The molecule has 2 aromatic rings. The summed E-state index contributed by atoms with van der Waals surface area (Å²) in [6, 6.07) is 9.73. The van der Waals surface area contributed by atoms with Crippen molar-refractivity contribution in [3.63, 3.8) is 0 Å². The average Bonchev–Trinajstić information content (AvgIpc) is 2.73. The lowest BCUT2D eigenvalue weighted by molar-refractivity contribution is -0.274. The van der Waals surface area contributed by atoms with Gasteiger partial charge in [0, 0.05) is 38.3 Å². The predicted molar refractivity (Wildman–Crippen MR) is 105 cm³/mol. The van der Waals surface area contributed by atoms with Crippen molar-refractivity contribution in [1.29, 1.82) is 0 Å². The van der Waals surface area contributed by atoms with Gasteiger partial charge in [-0.3, -0.25) is 9.78 Å². The summed E-state index contributed by atoms with van der Waals surface area (Å²) in [5.74, 6) is -1.03. The molecular weight excluding hydrogens is 435 g/mol. The van der Waals surface area contributed by atoms with Crippen molar-refractivity contribution >= 4 is 15.9 Å². The number of aromatic nitrogens is 1. The van der Waals surface area contributed by atoms with Gasteiger partial charge in [-0.05, 0) is 37.1 Å². The van der Waals surface area contributed by atoms with Crippen LogP contribution >= 0.6 is 0 Å². The van der Waals surface area contributed by atoms with Gasteiger partial charge in [-0.25, -0.2) is 8.42 Å². The van der Waals surface area contributed by atoms with Crippen LogP contribution in [0.5, 0.6) is 5.75 Å². The van der Waals surface area contributed by atoms with E-state index in [1.54, 1.807) is 24.2 Å². The molecule has 0 radical (unpaired) electrons. The molecule has 1 amide bonds. The molecule has 0 unspecified atom stereocenters. The van der Waals surface area contributed by atoms with E-state index in [2.05, 4.69) is 9.72 Å². The number of nitrogens with zero attached hydrogens (tertiary/aromatic N) is 3. The molecule has 1 saturated heterocycles. The van der Waals surface area contributed by atoms with E-state index in [9.17, 15) is 26.4 Å². The van der Waals surface area contributed by atoms with E-state index in [-0.39, 0.29) is 29.8 Å². The van der Waals surface area contributed by atoms with Gasteiger partial charge in [0.15, 0.2) is 0 Å². The maximum atomic E-state index is 12.8. The Morgan fingerprint density at radius 1 is 1.19 bits per heavy atom. The minimum Gasteiger partial charge on any atom is -0.406 e. The Hall–Kier alpha value is -2.66. The van der Waals surface area contributed by atoms with Crippen molar-refractivity contribution in [3.8, 4) is 5.75 Å². The van der Waals surface area contributed by atoms with Crippen LogP contribution in [0, 0.1) is 5.92 Å². The average molecular weight is 457 g/mol. The van der Waals surface area contributed by atoms with Gasteiger partial charge in [0.25, 0.3) is 0 Å². The Morgan fingerprint density at radius 2 is 1.90 bits per heavy atom. The quantitative estimate of drug-likeness (QED) is 0.666. The topological polar surface area (TPSA) is 79.8 Å². The smallest absolute Gasteiger partial charge is 0.406 e. The van der Waals surface area contributed by atoms with E-state index in [4.69, 9.17) is 0 Å². The third kappa shape index (κ3) is 5.95. The zero-order chi connectivity index (χ0) is 22.6. The molecule has 2 heterocycles. The minimum absolute atomic E-state index is 0.0942. The van der Waals surface area contributed by atoms with Gasteiger partial charge in [0.2, 0.25) is 15.9 Å². The SMILES string of the molecule is CN(Cc1ccccn1)C(=O)C1CCN(S(=O)(=O)c2cccc(OC(F)(F)F)c2)CC1. The third-order valence-electron chi connectivity index (χ3n) is 4.98. The van der Waals surface area contributed by atoms with Crippen LogP contribution in [0.3, 0.4) is 0 Å². The van der Waals surface area contributed by atoms with Gasteiger partial charge in [-0.2, -0.15) is 4.31 Å². The highest BCUT2D eigenvalue weighted by molar-refractivity contribution is 7.89. The number of ether oxygens (including phenoxy) is 1. The van der Waals surface area contributed by atoms with Crippen LogP contribution in [0.1, 0.15) is 18.5 Å². The van der Waals surface area contributed by atoms with Crippen molar-refractivity contribution in [3.05, 3.63) is 54.4 Å². The first-order valence-corrected chi connectivity index (χ1v) is 11.0. The predicted octanol–water partition coefficient (Wildman–Crippen LogP) is 3.04. The van der Waals surface area contributed by atoms with E-state index in [1.165, 1.54) is 16.4 Å². The standard InChI is InChI=1S/C20H22F3N3O4S/c1-25(14-16-5-2-3-10-24-16)19(27)15-8-11-26(12-9-15)31(28,29)18-7-4-6-17(13-18)30-20(21,22)23/h2-7,10,13,15H,8-9,11-12,14H2,1H3. The maximum absolute atomic E-state index is 12.8. The molecule has 1 aliphatic rings. The lowest BCUT2D eigenvalue weighted by atomic mass is 9.96. The first-order chi connectivity index (χ1) is 14.6. The summed E-state index contributed by atoms with van der Waals surface area (Å²) < 4.78 is 67.9. The minimum atomic E-state index is -4.91. The van der Waals surface area contributed by atoms with Crippen LogP contribution in [0.2, 0.25) is 0 Å². The first kappa shape index (κ1) is 23.0. The summed E-state index contributed by atoms with van der Waals surface area (Å²) in [6.45, 7) is 0.547. The van der Waals surface area contributed by atoms with Gasteiger partial charge in [0.1, 0.15) is 5.75 Å². The Balaban J connectivity index is 1.62. The summed E-state index contributed by atoms with van der Waals surface area (Å²) in [4.78, 5) is 18.2. The first-order valence-electron chi connectivity index (χ1n) is 9.57. The molecule has 3 rings (SSSR count). The van der Waals surface area contributed by atoms with Crippen LogP contribution in [-0.4, -0.2) is 55.0 Å². The maximum Gasteiger partial charge on any atom is 0.573 e. The number of pyridine rings is 1. The van der Waals surface area contributed by atoms with Gasteiger partial charge >= 0.3 is 6.36 Å². The number of carbonyl (C=O) groups is 1. The molecule has 1 aliphatic heterocycles. The van der Waals surface area contributed by atoms with Crippen LogP contribution in [0.25, 0.3) is 0 Å². The molecule has 11 heteroatoms. The largest absolute Gasteiger partial charge is 0.573 e. The Morgan fingerprint density at radius 3 is 2.52 bits per heavy atom. The van der Waals surface area contributed by atoms with Crippen LogP contribution in [0.4, 0.5) is 13.2 Å². The number of alkyl halides is 3. The number of amides is 1. The van der Waals surface area contributed by atoms with Crippen LogP contribution in [-0.2, 0) is 21.4 Å². The zero-order valence-electron chi connectivity index (χ0n) is 16.7. The zero-order valence-corrected chi connectivity index (χ0v) is 17.6. The Labute approximate surface area is 178 Å². The molecule has 0 bridgehead atoms. The Bertz CT molecular complexity index is 1010. The number of rotatable bonds is 6. The molecule has 7 nitrogen and oxygen atoms in total. The van der Waals surface area contributed by atoms with E-state index >= 15 is 0 Å². The van der Waals surface area contributed by atoms with Crippen LogP contribution in [0.15, 0.2) is 53.6 Å². The summed E-state index contributed by atoms with van der Waals surface area (Å²) >= 11 is 0. The van der Waals surface area contributed by atoms with Crippen molar-refractivity contribution in [2.45, 2.75) is 30.6 Å². The summed E-state index contributed by atoms with van der Waals surface area (Å²) in [6.07, 6.45) is -2.62. The number of hydrogen-bond donors (Lipinski definition) is 0. The molecular formula is C20H22F3N3O4S. The fourth-order valence-electron chi connectivity index (χ4n) is 3.45. The van der Waals surface area contributed by atoms with E-state index in [0.29, 0.717) is 19.4 Å². The number of halogens is 3. The summed E-state index contributed by atoms with van der Waals surface area (Å²) in [5.41, 5.74) is 0.749. The normalized spacial score (nSPS) is 16.1.